The molecule has 0 saturated heterocycles. The van der Waals surface area contributed by atoms with Crippen molar-refractivity contribution in [3.05, 3.63) is 177 Å². The molecule has 2 unspecified atom stereocenters. The fraction of sp³-hybridized carbons (Fsp3) is 0.0811. The van der Waals surface area contributed by atoms with Gasteiger partial charge in [0.25, 0.3) is 0 Å². The van der Waals surface area contributed by atoms with Crippen LogP contribution in [0.1, 0.15) is 38.9 Å². The molecule has 194 valence electrons. The summed E-state index contributed by atoms with van der Waals surface area (Å²) >= 11 is 6.47. The highest BCUT2D eigenvalue weighted by Gasteiger charge is 2.32. The lowest BCUT2D eigenvalue weighted by atomic mass is 9.84. The van der Waals surface area contributed by atoms with Gasteiger partial charge in [0.15, 0.2) is 11.2 Å². The minimum absolute atomic E-state index is 0.438. The maximum atomic E-state index is 11.8. The Balaban J connectivity index is 1.49. The third-order valence-electron chi connectivity index (χ3n) is 6.84. The van der Waals surface area contributed by atoms with Gasteiger partial charge >= 0.3 is 0 Å². The number of aliphatic hydroxyl groups is 2. The summed E-state index contributed by atoms with van der Waals surface area (Å²) in [7, 11) is 0. The van der Waals surface area contributed by atoms with Crippen LogP contribution in [0.4, 0.5) is 0 Å². The van der Waals surface area contributed by atoms with Gasteiger partial charge in [0.05, 0.1) is 0 Å². The van der Waals surface area contributed by atoms with Gasteiger partial charge in [-0.1, -0.05) is 138 Å². The zero-order valence-electron chi connectivity index (χ0n) is 22.0. The van der Waals surface area contributed by atoms with Gasteiger partial charge in [0.2, 0.25) is 0 Å². The lowest BCUT2D eigenvalue weighted by Gasteiger charge is -2.25. The van der Waals surface area contributed by atoms with Crippen molar-refractivity contribution in [1.82, 2.24) is 0 Å². The molecule has 0 aliphatic carbocycles. The highest BCUT2D eigenvalue weighted by Crippen LogP contribution is 2.34. The predicted octanol–water partition coefficient (Wildman–Crippen LogP) is 7.22. The van der Waals surface area contributed by atoms with Gasteiger partial charge in [0.1, 0.15) is 0 Å². The van der Waals surface area contributed by atoms with Crippen LogP contribution in [0.2, 0.25) is 5.02 Å². The number of aryl methyl sites for hydroxylation is 1. The molecule has 0 aliphatic rings. The van der Waals surface area contributed by atoms with Crippen LogP contribution in [0, 0.1) is 30.6 Å². The number of halogens is 1. The molecule has 5 aromatic carbocycles. The van der Waals surface area contributed by atoms with Crippen molar-refractivity contribution < 1.29 is 10.2 Å². The van der Waals surface area contributed by atoms with Crippen molar-refractivity contribution in [3.8, 4) is 23.7 Å². The van der Waals surface area contributed by atoms with E-state index in [4.69, 9.17) is 11.6 Å². The first-order chi connectivity index (χ1) is 19.4. The SMILES string of the molecule is Cc1ccccc1C(O)(C#Cc1ccc(C#CC(O)(c2ccccc2)c2ccccc2Cl)cc1)c1ccccc1. The zero-order valence-corrected chi connectivity index (χ0v) is 22.7. The Labute approximate surface area is 240 Å². The molecular weight excluding hydrogens is 512 g/mol. The molecule has 0 radical (unpaired) electrons. The first kappa shape index (κ1) is 27.0. The quantitative estimate of drug-likeness (QED) is 0.237. The van der Waals surface area contributed by atoms with Crippen LogP contribution in [0.3, 0.4) is 0 Å². The van der Waals surface area contributed by atoms with Gasteiger partial charge < -0.3 is 10.2 Å². The lowest BCUT2D eigenvalue weighted by molar-refractivity contribution is 0.144. The van der Waals surface area contributed by atoms with E-state index in [9.17, 15) is 10.2 Å². The highest BCUT2D eigenvalue weighted by molar-refractivity contribution is 6.31. The number of rotatable bonds is 4. The molecule has 2 atom stereocenters. The van der Waals surface area contributed by atoms with Gasteiger partial charge in [0, 0.05) is 38.4 Å². The standard InChI is InChI=1S/C37H27ClO2/c1-28-12-8-9-17-33(28)36(39,31-13-4-2-5-14-31)26-24-29-20-22-30(23-21-29)25-27-37(40,32-15-6-3-7-16-32)34-18-10-11-19-35(34)38/h2-23,39-40H,1H3. The fourth-order valence-corrected chi connectivity index (χ4v) is 4.92. The summed E-state index contributed by atoms with van der Waals surface area (Å²) in [4.78, 5) is 0. The van der Waals surface area contributed by atoms with E-state index in [2.05, 4.69) is 23.7 Å². The maximum Gasteiger partial charge on any atom is 0.178 e. The Kier molecular flexibility index (Phi) is 7.88. The van der Waals surface area contributed by atoms with E-state index < -0.39 is 11.2 Å². The van der Waals surface area contributed by atoms with E-state index in [1.54, 1.807) is 12.1 Å². The lowest BCUT2D eigenvalue weighted by Crippen LogP contribution is -2.26. The molecule has 0 spiro atoms. The van der Waals surface area contributed by atoms with E-state index in [0.717, 1.165) is 16.7 Å². The van der Waals surface area contributed by atoms with Crippen LogP contribution in [-0.4, -0.2) is 10.2 Å². The summed E-state index contributed by atoms with van der Waals surface area (Å²) in [6.45, 7) is 1.97. The van der Waals surface area contributed by atoms with Crippen molar-refractivity contribution in [1.29, 1.82) is 0 Å². The summed E-state index contributed by atoms with van der Waals surface area (Å²) in [5.41, 5.74) is 1.96. The number of benzene rings is 5. The van der Waals surface area contributed by atoms with Gasteiger partial charge in [-0.15, -0.1) is 0 Å². The number of hydrogen-bond acceptors (Lipinski definition) is 2. The number of hydrogen-bond donors (Lipinski definition) is 2. The molecule has 2 nitrogen and oxygen atoms in total. The molecule has 0 aliphatic heterocycles. The Hall–Kier alpha value is -4.57. The van der Waals surface area contributed by atoms with Gasteiger partial charge in [-0.05, 0) is 42.8 Å². The first-order valence-electron chi connectivity index (χ1n) is 12.9. The van der Waals surface area contributed by atoms with Crippen molar-refractivity contribution in [3.63, 3.8) is 0 Å². The van der Waals surface area contributed by atoms with Crippen molar-refractivity contribution in [2.24, 2.45) is 0 Å². The Morgan fingerprint density at radius 1 is 0.500 bits per heavy atom. The minimum Gasteiger partial charge on any atom is -0.369 e. The minimum atomic E-state index is -1.59. The van der Waals surface area contributed by atoms with E-state index in [1.165, 1.54) is 0 Å². The molecular formula is C37H27ClO2. The van der Waals surface area contributed by atoms with E-state index in [-0.39, 0.29) is 0 Å². The second kappa shape index (κ2) is 11.7. The van der Waals surface area contributed by atoms with Crippen LogP contribution in [0.25, 0.3) is 0 Å². The molecule has 0 heterocycles. The topological polar surface area (TPSA) is 40.5 Å². The average Bonchev–Trinajstić information content (AvgIpc) is 3.00. The summed E-state index contributed by atoms with van der Waals surface area (Å²) in [6, 6.07) is 41.1. The van der Waals surface area contributed by atoms with Crippen LogP contribution in [0.5, 0.6) is 0 Å². The summed E-state index contributed by atoms with van der Waals surface area (Å²) < 4.78 is 0. The highest BCUT2D eigenvalue weighted by atomic mass is 35.5. The van der Waals surface area contributed by atoms with Crippen molar-refractivity contribution in [2.45, 2.75) is 18.1 Å². The summed E-state index contributed by atoms with van der Waals surface area (Å²) in [5, 5.41) is 24.0. The van der Waals surface area contributed by atoms with Crippen molar-refractivity contribution in [2.75, 3.05) is 0 Å². The van der Waals surface area contributed by atoms with Gasteiger partial charge in [-0.25, -0.2) is 0 Å². The van der Waals surface area contributed by atoms with Crippen LogP contribution >= 0.6 is 11.6 Å². The molecule has 0 fully saturated rings. The Morgan fingerprint density at radius 3 is 1.38 bits per heavy atom. The van der Waals surface area contributed by atoms with Crippen LogP contribution < -0.4 is 0 Å². The van der Waals surface area contributed by atoms with Crippen molar-refractivity contribution >= 4 is 11.6 Å². The predicted molar refractivity (Wildman–Crippen MR) is 162 cm³/mol. The molecule has 3 heteroatoms. The normalized spacial score (nSPS) is 13.5. The molecule has 0 amide bonds. The molecule has 2 N–H and O–H groups in total. The largest absolute Gasteiger partial charge is 0.369 e. The average molecular weight is 539 g/mol. The second-order valence-electron chi connectivity index (χ2n) is 9.52. The molecule has 40 heavy (non-hydrogen) atoms. The maximum absolute atomic E-state index is 11.8. The van der Waals surface area contributed by atoms with Gasteiger partial charge in [-0.3, -0.25) is 0 Å². The Morgan fingerprint density at radius 2 is 0.900 bits per heavy atom. The van der Waals surface area contributed by atoms with E-state index in [1.807, 2.05) is 128 Å². The second-order valence-corrected chi connectivity index (χ2v) is 9.93. The van der Waals surface area contributed by atoms with Crippen LogP contribution in [0.15, 0.2) is 133 Å². The van der Waals surface area contributed by atoms with E-state index >= 15 is 0 Å². The van der Waals surface area contributed by atoms with E-state index in [0.29, 0.717) is 27.3 Å². The molecule has 5 aromatic rings. The van der Waals surface area contributed by atoms with Gasteiger partial charge in [-0.2, -0.15) is 0 Å². The summed E-state index contributed by atoms with van der Waals surface area (Å²) in [5.74, 6) is 12.4. The third kappa shape index (κ3) is 5.57. The molecule has 0 aromatic heterocycles. The summed E-state index contributed by atoms with van der Waals surface area (Å²) in [6.07, 6.45) is 0. The fourth-order valence-electron chi connectivity index (χ4n) is 4.64. The zero-order chi connectivity index (χ0) is 28.0. The molecule has 5 rings (SSSR count). The first-order valence-corrected chi connectivity index (χ1v) is 13.3. The third-order valence-corrected chi connectivity index (χ3v) is 7.17. The van der Waals surface area contributed by atoms with Crippen LogP contribution in [-0.2, 0) is 11.2 Å². The smallest absolute Gasteiger partial charge is 0.178 e. The molecule has 0 bridgehead atoms. The Bertz CT molecular complexity index is 1610. The monoisotopic (exact) mass is 538 g/mol. The molecule has 0 saturated carbocycles.